The summed E-state index contributed by atoms with van der Waals surface area (Å²) in [6.45, 7) is 1.81. The quantitative estimate of drug-likeness (QED) is 0.318. The number of para-hydroxylation sites is 1. The summed E-state index contributed by atoms with van der Waals surface area (Å²) in [7, 11) is 1.82. The van der Waals surface area contributed by atoms with Crippen molar-refractivity contribution in [3.05, 3.63) is 118 Å². The highest BCUT2D eigenvalue weighted by molar-refractivity contribution is 5.97. The molecule has 1 aliphatic rings. The minimum absolute atomic E-state index is 0.00169. The van der Waals surface area contributed by atoms with Crippen molar-refractivity contribution in [3.63, 3.8) is 0 Å². The van der Waals surface area contributed by atoms with Crippen molar-refractivity contribution >= 4 is 34.4 Å². The minimum atomic E-state index is -0.603. The van der Waals surface area contributed by atoms with Crippen LogP contribution < -0.4 is 16.6 Å². The van der Waals surface area contributed by atoms with Crippen LogP contribution in [0.15, 0.2) is 89.1 Å². The summed E-state index contributed by atoms with van der Waals surface area (Å²) in [5.74, 6) is 5.73. The van der Waals surface area contributed by atoms with Crippen LogP contribution in [0.3, 0.4) is 0 Å². The maximum atomic E-state index is 14.2. The lowest BCUT2D eigenvalue weighted by Gasteiger charge is -2.21. The van der Waals surface area contributed by atoms with Crippen LogP contribution in [0.1, 0.15) is 52.4 Å². The lowest BCUT2D eigenvalue weighted by atomic mass is 10.0. The molecule has 5 aromatic rings. The topological polar surface area (TPSA) is 133 Å². The highest BCUT2D eigenvalue weighted by Gasteiger charge is 2.22. The highest BCUT2D eigenvalue weighted by Crippen LogP contribution is 2.24. The molecule has 1 amide bonds. The number of nitrogen functional groups attached to an aromatic ring is 1. The molecular formula is C32H26N8O2. The molecule has 1 aliphatic heterocycles. The molecule has 1 unspecified atom stereocenters. The maximum absolute atomic E-state index is 14.2. The van der Waals surface area contributed by atoms with Crippen LogP contribution in [0, 0.1) is 11.8 Å². The van der Waals surface area contributed by atoms with Crippen LogP contribution in [-0.2, 0) is 7.05 Å². The molecule has 2 aromatic carbocycles. The molecule has 4 heterocycles. The minimum Gasteiger partial charge on any atom is -0.382 e. The van der Waals surface area contributed by atoms with Gasteiger partial charge in [0.05, 0.1) is 35.1 Å². The maximum Gasteiger partial charge on any atom is 0.274 e. The second kappa shape index (κ2) is 11.0. The number of carbonyl (C=O) groups excluding carboxylic acids is 1. The van der Waals surface area contributed by atoms with Crippen LogP contribution >= 0.6 is 0 Å². The average Bonchev–Trinajstić information content (AvgIpc) is 3.68. The second-order valence-corrected chi connectivity index (χ2v) is 9.79. The van der Waals surface area contributed by atoms with E-state index in [-0.39, 0.29) is 17.1 Å². The Kier molecular flexibility index (Phi) is 6.90. The molecule has 10 heteroatoms. The molecule has 0 fully saturated rings. The number of benzene rings is 2. The third-order valence-electron chi connectivity index (χ3n) is 6.85. The van der Waals surface area contributed by atoms with Gasteiger partial charge >= 0.3 is 0 Å². The fraction of sp³-hybridized carbons (Fsp3) is 0.125. The van der Waals surface area contributed by atoms with Gasteiger partial charge in [0.25, 0.3) is 11.5 Å². The van der Waals surface area contributed by atoms with Gasteiger partial charge in [0, 0.05) is 42.8 Å². The van der Waals surface area contributed by atoms with Gasteiger partial charge in [-0.15, -0.1) is 0 Å². The van der Waals surface area contributed by atoms with Gasteiger partial charge in [-0.2, -0.15) is 5.10 Å². The van der Waals surface area contributed by atoms with Gasteiger partial charge in [0.2, 0.25) is 0 Å². The summed E-state index contributed by atoms with van der Waals surface area (Å²) >= 11 is 0. The van der Waals surface area contributed by atoms with Crippen LogP contribution in [-0.4, -0.2) is 36.4 Å². The summed E-state index contributed by atoms with van der Waals surface area (Å²) in [6.07, 6.45) is 9.33. The molecule has 10 nitrogen and oxygen atoms in total. The molecule has 42 heavy (non-hydrogen) atoms. The van der Waals surface area contributed by atoms with Gasteiger partial charge in [-0.25, -0.2) is 9.97 Å². The zero-order valence-corrected chi connectivity index (χ0v) is 22.9. The summed E-state index contributed by atoms with van der Waals surface area (Å²) < 4.78 is 3.28. The molecule has 0 saturated heterocycles. The largest absolute Gasteiger partial charge is 0.382 e. The summed E-state index contributed by atoms with van der Waals surface area (Å²) in [4.78, 5) is 40.5. The number of amides is 1. The van der Waals surface area contributed by atoms with E-state index >= 15 is 0 Å². The van der Waals surface area contributed by atoms with E-state index in [0.717, 1.165) is 5.56 Å². The van der Waals surface area contributed by atoms with E-state index in [1.807, 2.05) is 73.9 Å². The zero-order chi connectivity index (χ0) is 29.2. The van der Waals surface area contributed by atoms with E-state index in [9.17, 15) is 9.59 Å². The molecule has 6 rings (SSSR count). The molecule has 0 aliphatic carbocycles. The van der Waals surface area contributed by atoms with Crippen LogP contribution in [0.2, 0.25) is 0 Å². The lowest BCUT2D eigenvalue weighted by Crippen LogP contribution is -2.33. The first-order valence-corrected chi connectivity index (χ1v) is 13.3. The monoisotopic (exact) mass is 554 g/mol. The summed E-state index contributed by atoms with van der Waals surface area (Å²) in [6, 6.07) is 16.1. The summed E-state index contributed by atoms with van der Waals surface area (Å²) in [5.41, 5.74) is 9.46. The van der Waals surface area contributed by atoms with Crippen molar-refractivity contribution in [1.82, 2.24) is 29.6 Å². The number of anilines is 1. The van der Waals surface area contributed by atoms with Crippen LogP contribution in [0.4, 0.5) is 5.82 Å². The van der Waals surface area contributed by atoms with E-state index < -0.39 is 11.9 Å². The standard InChI is InChI=1S/C32H26N8O2/c1-20(37-31(41)29-30(33)35-18-26(38-29)25-12-7-15-34-25)27-16-23-9-6-8-22(14-13-21-17-36-39(2)19-21)28(23)32(42)40(27)24-10-4-3-5-11-24/h3-6,8-12,15-20H,7H2,1-2H3,(H2,33,35)(H,37,41). The smallest absolute Gasteiger partial charge is 0.274 e. The second-order valence-electron chi connectivity index (χ2n) is 9.79. The van der Waals surface area contributed by atoms with Gasteiger partial charge < -0.3 is 11.1 Å². The van der Waals surface area contributed by atoms with Gasteiger partial charge in [-0.1, -0.05) is 48.2 Å². The first kappa shape index (κ1) is 26.4. The highest BCUT2D eigenvalue weighted by atomic mass is 16.2. The fourth-order valence-corrected chi connectivity index (χ4v) is 4.84. The van der Waals surface area contributed by atoms with Crippen molar-refractivity contribution in [2.75, 3.05) is 5.73 Å². The van der Waals surface area contributed by atoms with Crippen molar-refractivity contribution in [2.24, 2.45) is 12.0 Å². The Bertz CT molecular complexity index is 2030. The van der Waals surface area contributed by atoms with Crippen LogP contribution in [0.5, 0.6) is 0 Å². The van der Waals surface area contributed by atoms with Gasteiger partial charge in [-0.3, -0.25) is 23.8 Å². The van der Waals surface area contributed by atoms with Gasteiger partial charge in [0.1, 0.15) is 5.69 Å². The molecule has 0 saturated carbocycles. The van der Waals surface area contributed by atoms with Crippen LogP contribution in [0.25, 0.3) is 22.2 Å². The Morgan fingerprint density at radius 2 is 1.93 bits per heavy atom. The number of pyridine rings is 1. The van der Waals surface area contributed by atoms with E-state index in [1.54, 1.807) is 28.6 Å². The molecule has 206 valence electrons. The van der Waals surface area contributed by atoms with Crippen molar-refractivity contribution in [1.29, 1.82) is 0 Å². The number of nitrogens with one attached hydrogen (secondary N) is 1. The molecule has 0 bridgehead atoms. The molecule has 3 aromatic heterocycles. The van der Waals surface area contributed by atoms with E-state index in [1.165, 1.54) is 6.20 Å². The van der Waals surface area contributed by atoms with Crippen molar-refractivity contribution in [2.45, 2.75) is 19.4 Å². The third-order valence-corrected chi connectivity index (χ3v) is 6.85. The number of hydrogen-bond donors (Lipinski definition) is 2. The molecule has 1 atom stereocenters. The number of rotatable bonds is 5. The average molecular weight is 555 g/mol. The Morgan fingerprint density at radius 1 is 1.10 bits per heavy atom. The van der Waals surface area contributed by atoms with Gasteiger partial charge in [0.15, 0.2) is 11.5 Å². The number of aryl methyl sites for hydroxylation is 1. The Morgan fingerprint density at radius 3 is 2.67 bits per heavy atom. The number of nitrogens with zero attached hydrogens (tertiary/aromatic N) is 6. The third kappa shape index (κ3) is 5.07. The fourth-order valence-electron chi connectivity index (χ4n) is 4.84. The number of fused-ring (bicyclic) bond motifs is 1. The Hall–Kier alpha value is -5.82. The Balaban J connectivity index is 1.43. The van der Waals surface area contributed by atoms with Crippen molar-refractivity contribution < 1.29 is 4.79 Å². The number of aliphatic imine (C=N–C) groups is 1. The normalized spacial score (nSPS) is 13.0. The Labute approximate surface area is 241 Å². The predicted octanol–water partition coefficient (Wildman–Crippen LogP) is 3.80. The number of nitrogens with two attached hydrogens (primary N) is 1. The van der Waals surface area contributed by atoms with E-state index in [2.05, 4.69) is 37.2 Å². The first-order chi connectivity index (χ1) is 20.4. The number of aromatic nitrogens is 5. The number of carbonyl (C=O) groups is 1. The van der Waals surface area contributed by atoms with E-state index in [4.69, 9.17) is 5.73 Å². The van der Waals surface area contributed by atoms with Crippen molar-refractivity contribution in [3.8, 4) is 17.5 Å². The molecule has 0 spiro atoms. The number of allylic oxidation sites excluding steroid dienone is 1. The molecular weight excluding hydrogens is 528 g/mol. The lowest BCUT2D eigenvalue weighted by molar-refractivity contribution is 0.0934. The molecule has 0 radical (unpaired) electrons. The van der Waals surface area contributed by atoms with E-state index in [0.29, 0.717) is 45.5 Å². The molecule has 3 N–H and O–H groups in total. The predicted molar refractivity (Wildman–Crippen MR) is 162 cm³/mol. The SMILES string of the molecule is CC(NC(=O)c1nc(C2=CCC=N2)cnc1N)c1cc2cccc(C#Cc3cnn(C)c3)c2c(=O)n1-c1ccccc1. The first-order valence-electron chi connectivity index (χ1n) is 13.3. The van der Waals surface area contributed by atoms with Gasteiger partial charge in [-0.05, 0) is 36.6 Å². The number of hydrogen-bond acceptors (Lipinski definition) is 7. The zero-order valence-electron chi connectivity index (χ0n) is 22.9. The summed E-state index contributed by atoms with van der Waals surface area (Å²) in [5, 5.41) is 8.30.